The third-order valence-corrected chi connectivity index (χ3v) is 8.22. The highest BCUT2D eigenvalue weighted by Crippen LogP contribution is 2.36. The molecule has 0 aliphatic rings. The third kappa shape index (κ3) is 5.46. The number of aliphatic hydroxyl groups is 1. The Balaban J connectivity index is 3.83. The molecule has 0 spiro atoms. The maximum Gasteiger partial charge on any atom is 0.191 e. The van der Waals surface area contributed by atoms with Crippen molar-refractivity contribution in [2.75, 3.05) is 6.61 Å². The summed E-state index contributed by atoms with van der Waals surface area (Å²) in [5.41, 5.74) is 0. The van der Waals surface area contributed by atoms with Gasteiger partial charge >= 0.3 is 0 Å². The molecule has 1 unspecified atom stereocenters. The highest BCUT2D eigenvalue weighted by molar-refractivity contribution is 6.74. The molecule has 0 saturated carbocycles. The summed E-state index contributed by atoms with van der Waals surface area (Å²) in [5, 5.41) is 9.95. The van der Waals surface area contributed by atoms with Gasteiger partial charge in [0.1, 0.15) is 0 Å². The van der Waals surface area contributed by atoms with Crippen molar-refractivity contribution in [1.82, 2.24) is 0 Å². The van der Waals surface area contributed by atoms with Gasteiger partial charge in [0.2, 0.25) is 0 Å². The summed E-state index contributed by atoms with van der Waals surface area (Å²) in [6.07, 6.45) is 1.64. The van der Waals surface area contributed by atoms with E-state index in [0.717, 1.165) is 19.4 Å². The smallest absolute Gasteiger partial charge is 0.191 e. The van der Waals surface area contributed by atoms with Crippen molar-refractivity contribution in [3.63, 3.8) is 0 Å². The Morgan fingerprint density at radius 1 is 1.19 bits per heavy atom. The van der Waals surface area contributed by atoms with Crippen molar-refractivity contribution < 1.29 is 9.53 Å². The van der Waals surface area contributed by atoms with Gasteiger partial charge in [0.15, 0.2) is 8.32 Å². The van der Waals surface area contributed by atoms with Gasteiger partial charge in [-0.25, -0.2) is 0 Å². The van der Waals surface area contributed by atoms with Crippen LogP contribution in [0, 0.1) is 5.92 Å². The first-order valence-electron chi connectivity index (χ1n) is 6.40. The molecule has 16 heavy (non-hydrogen) atoms. The summed E-state index contributed by atoms with van der Waals surface area (Å²) >= 11 is 0. The molecule has 1 N–H and O–H groups in total. The quantitative estimate of drug-likeness (QED) is 0.570. The molecule has 98 valence electrons. The highest BCUT2D eigenvalue weighted by Gasteiger charge is 2.36. The Morgan fingerprint density at radius 2 is 1.69 bits per heavy atom. The molecule has 0 heterocycles. The lowest BCUT2D eigenvalue weighted by Gasteiger charge is -2.36. The van der Waals surface area contributed by atoms with Gasteiger partial charge in [0, 0.05) is 6.61 Å². The van der Waals surface area contributed by atoms with Gasteiger partial charge in [-0.2, -0.15) is 0 Å². The molecule has 0 aliphatic heterocycles. The molecule has 0 saturated heterocycles. The molecular formula is C13H30O2Si. The Hall–Kier alpha value is 0.137. The van der Waals surface area contributed by atoms with E-state index in [1.165, 1.54) is 0 Å². The van der Waals surface area contributed by atoms with Crippen LogP contribution in [0.2, 0.25) is 18.1 Å². The Bertz CT molecular complexity index is 195. The fourth-order valence-electron chi connectivity index (χ4n) is 1.17. The number of rotatable bonds is 6. The minimum atomic E-state index is -1.59. The van der Waals surface area contributed by atoms with Crippen molar-refractivity contribution in [3.8, 4) is 0 Å². The second kappa shape index (κ2) is 6.17. The summed E-state index contributed by atoms with van der Waals surface area (Å²) in [4.78, 5) is 0. The molecule has 0 bridgehead atoms. The summed E-state index contributed by atoms with van der Waals surface area (Å²) in [5.74, 6) is 0.355. The predicted octanol–water partition coefficient (Wildman–Crippen LogP) is 3.81. The Labute approximate surface area is 103 Å². The van der Waals surface area contributed by atoms with Crippen molar-refractivity contribution in [2.24, 2.45) is 5.92 Å². The van der Waals surface area contributed by atoms with Crippen molar-refractivity contribution in [2.45, 2.75) is 71.7 Å². The fraction of sp³-hybridized carbons (Fsp3) is 1.00. The van der Waals surface area contributed by atoms with Crippen LogP contribution in [0.1, 0.15) is 47.5 Å². The largest absolute Gasteiger partial charge is 0.417 e. The van der Waals surface area contributed by atoms with E-state index < -0.39 is 8.32 Å². The van der Waals surface area contributed by atoms with Crippen molar-refractivity contribution in [3.05, 3.63) is 0 Å². The molecule has 0 radical (unpaired) electrons. The van der Waals surface area contributed by atoms with E-state index in [-0.39, 0.29) is 11.1 Å². The predicted molar refractivity (Wildman–Crippen MR) is 73.2 cm³/mol. The van der Waals surface area contributed by atoms with Crippen molar-refractivity contribution >= 4 is 8.32 Å². The van der Waals surface area contributed by atoms with E-state index >= 15 is 0 Å². The van der Waals surface area contributed by atoms with Crippen LogP contribution < -0.4 is 0 Å². The first-order chi connectivity index (χ1) is 7.08. The third-order valence-electron chi connectivity index (χ3n) is 3.68. The van der Waals surface area contributed by atoms with Crippen LogP contribution >= 0.6 is 0 Å². The first-order valence-corrected chi connectivity index (χ1v) is 9.31. The lowest BCUT2D eigenvalue weighted by Crippen LogP contribution is -2.41. The number of hydrogen-bond donors (Lipinski definition) is 1. The average molecular weight is 246 g/mol. The highest BCUT2D eigenvalue weighted by atomic mass is 28.4. The van der Waals surface area contributed by atoms with Gasteiger partial charge < -0.3 is 9.53 Å². The molecule has 0 aromatic heterocycles. The molecule has 1 atom stereocenters. The van der Waals surface area contributed by atoms with Gasteiger partial charge in [-0.15, -0.1) is 0 Å². The topological polar surface area (TPSA) is 29.5 Å². The lowest BCUT2D eigenvalue weighted by atomic mass is 10.0. The molecular weight excluding hydrogens is 216 g/mol. The number of aliphatic hydroxyl groups excluding tert-OH is 1. The van der Waals surface area contributed by atoms with Crippen LogP contribution in [0.25, 0.3) is 0 Å². The van der Waals surface area contributed by atoms with E-state index in [4.69, 9.17) is 4.43 Å². The summed E-state index contributed by atoms with van der Waals surface area (Å²) in [6.45, 7) is 16.2. The van der Waals surface area contributed by atoms with Gasteiger partial charge in [-0.3, -0.25) is 0 Å². The molecule has 0 fully saturated rings. The second-order valence-electron chi connectivity index (χ2n) is 6.56. The molecule has 0 rings (SSSR count). The van der Waals surface area contributed by atoms with Gasteiger partial charge in [0.05, 0.1) is 6.10 Å². The lowest BCUT2D eigenvalue weighted by molar-refractivity contribution is 0.107. The standard InChI is InChI=1S/C13H30O2Si/c1-11(2)12(14)9-8-10-15-16(6,7)13(3,4)5/h11-12,14H,8-10H2,1-7H3. The second-order valence-corrected chi connectivity index (χ2v) is 11.4. The fourth-order valence-corrected chi connectivity index (χ4v) is 2.26. The molecule has 0 aliphatic carbocycles. The van der Waals surface area contributed by atoms with E-state index in [1.54, 1.807) is 0 Å². The van der Waals surface area contributed by atoms with Crippen LogP contribution in [-0.2, 0) is 4.43 Å². The molecule has 3 heteroatoms. The Morgan fingerprint density at radius 3 is 2.06 bits per heavy atom. The average Bonchev–Trinajstić information content (AvgIpc) is 2.09. The molecule has 2 nitrogen and oxygen atoms in total. The van der Waals surface area contributed by atoms with Crippen LogP contribution in [0.3, 0.4) is 0 Å². The monoisotopic (exact) mass is 246 g/mol. The van der Waals surface area contributed by atoms with Crippen LogP contribution in [-0.4, -0.2) is 26.1 Å². The molecule has 0 aromatic carbocycles. The van der Waals surface area contributed by atoms with E-state index in [1.807, 2.05) is 0 Å². The summed E-state index contributed by atoms with van der Waals surface area (Å²) in [7, 11) is -1.59. The molecule has 0 amide bonds. The van der Waals surface area contributed by atoms with E-state index in [9.17, 15) is 5.11 Å². The normalized spacial score (nSPS) is 15.6. The van der Waals surface area contributed by atoms with Crippen LogP contribution in [0.15, 0.2) is 0 Å². The SMILES string of the molecule is CC(C)C(O)CCCO[Si](C)(C)C(C)(C)C. The molecule has 0 aromatic rings. The summed E-state index contributed by atoms with van der Waals surface area (Å²) < 4.78 is 6.05. The minimum absolute atomic E-state index is 0.178. The maximum absolute atomic E-state index is 9.67. The zero-order valence-corrected chi connectivity index (χ0v) is 13.1. The van der Waals surface area contributed by atoms with Crippen LogP contribution in [0.4, 0.5) is 0 Å². The van der Waals surface area contributed by atoms with Gasteiger partial charge in [-0.1, -0.05) is 34.6 Å². The van der Waals surface area contributed by atoms with E-state index in [0.29, 0.717) is 5.92 Å². The Kier molecular flexibility index (Phi) is 6.23. The zero-order chi connectivity index (χ0) is 13.0. The number of hydrogen-bond acceptors (Lipinski definition) is 2. The van der Waals surface area contributed by atoms with Crippen LogP contribution in [0.5, 0.6) is 0 Å². The van der Waals surface area contributed by atoms with Gasteiger partial charge in [-0.05, 0) is 36.9 Å². The zero-order valence-electron chi connectivity index (χ0n) is 12.1. The van der Waals surface area contributed by atoms with Crippen molar-refractivity contribution in [1.29, 1.82) is 0 Å². The van der Waals surface area contributed by atoms with Gasteiger partial charge in [0.25, 0.3) is 0 Å². The van der Waals surface area contributed by atoms with E-state index in [2.05, 4.69) is 47.7 Å². The minimum Gasteiger partial charge on any atom is -0.417 e. The summed E-state index contributed by atoms with van der Waals surface area (Å²) in [6, 6.07) is 0. The first kappa shape index (κ1) is 16.1. The maximum atomic E-state index is 9.67.